The van der Waals surface area contributed by atoms with Crippen LogP contribution in [0, 0.1) is 5.82 Å². The molecule has 0 bridgehead atoms. The summed E-state index contributed by atoms with van der Waals surface area (Å²) in [6.07, 6.45) is 1.85. The van der Waals surface area contributed by atoms with Crippen LogP contribution in [0.4, 0.5) is 4.39 Å². The van der Waals surface area contributed by atoms with Crippen molar-refractivity contribution >= 4 is 35.6 Å². The lowest BCUT2D eigenvalue weighted by molar-refractivity contribution is 0.0787. The maximum absolute atomic E-state index is 13.2. The molecule has 0 aliphatic carbocycles. The van der Waals surface area contributed by atoms with Crippen LogP contribution in [0.15, 0.2) is 28.9 Å². The van der Waals surface area contributed by atoms with Crippen LogP contribution < -0.4 is 0 Å². The minimum atomic E-state index is -1.08. The zero-order valence-electron chi connectivity index (χ0n) is 12.9. The minimum absolute atomic E-state index is 0.0883. The summed E-state index contributed by atoms with van der Waals surface area (Å²) >= 11 is 9.29. The second-order valence-electron chi connectivity index (χ2n) is 6.34. The number of nitrogens with zero attached hydrogens (tertiary/aromatic N) is 2. The number of rotatable bonds is 6. The van der Waals surface area contributed by atoms with Crippen molar-refractivity contribution in [1.29, 1.82) is 0 Å². The van der Waals surface area contributed by atoms with E-state index in [1.165, 1.54) is 6.07 Å². The van der Waals surface area contributed by atoms with Gasteiger partial charge < -0.3 is 4.74 Å². The highest BCUT2D eigenvalue weighted by atomic mass is 79.9. The van der Waals surface area contributed by atoms with Gasteiger partial charge in [-0.1, -0.05) is 31.2 Å². The fraction of sp³-hybridized carbons (Fsp3) is 0.400. The molecule has 0 atom stereocenters. The Kier molecular flexibility index (Phi) is 5.82. The predicted octanol–water partition coefficient (Wildman–Crippen LogP) is 5.42. The van der Waals surface area contributed by atoms with Gasteiger partial charge in [0.2, 0.25) is 0 Å². The minimum Gasteiger partial charge on any atom is -0.360 e. The van der Waals surface area contributed by atoms with E-state index < -0.39 is 13.9 Å². The molecule has 0 aliphatic heterocycles. The molecule has 0 saturated heterocycles. The maximum Gasteiger partial charge on any atom is 0.141 e. The van der Waals surface area contributed by atoms with E-state index in [0.29, 0.717) is 6.73 Å². The first kappa shape index (κ1) is 17.7. The van der Waals surface area contributed by atoms with E-state index in [4.69, 9.17) is 16.3 Å². The number of ether oxygens (including phenoxy) is 1. The van der Waals surface area contributed by atoms with Gasteiger partial charge in [0.25, 0.3) is 0 Å². The SMILES string of the molecule is C[Si](C)(C)CCOCn1cc(Br)c(-c2ccc(F)c(Cl)c2)n1. The lowest BCUT2D eigenvalue weighted by Crippen LogP contribution is -2.22. The largest absolute Gasteiger partial charge is 0.360 e. The third kappa shape index (κ3) is 4.91. The summed E-state index contributed by atoms with van der Waals surface area (Å²) in [5.74, 6) is -0.435. The van der Waals surface area contributed by atoms with Gasteiger partial charge in [-0.25, -0.2) is 9.07 Å². The molecule has 0 spiro atoms. The highest BCUT2D eigenvalue weighted by Gasteiger charge is 2.13. The number of aromatic nitrogens is 2. The molecule has 2 rings (SSSR count). The second kappa shape index (κ2) is 7.25. The van der Waals surface area contributed by atoms with Gasteiger partial charge >= 0.3 is 0 Å². The number of hydrogen-bond acceptors (Lipinski definition) is 2. The molecule has 0 saturated carbocycles. The predicted molar refractivity (Wildman–Crippen MR) is 94.4 cm³/mol. The molecule has 0 unspecified atom stereocenters. The topological polar surface area (TPSA) is 27.1 Å². The summed E-state index contributed by atoms with van der Waals surface area (Å²) in [5, 5.41) is 4.55. The van der Waals surface area contributed by atoms with Crippen LogP contribution in [0.5, 0.6) is 0 Å². The summed E-state index contributed by atoms with van der Waals surface area (Å²) in [7, 11) is -1.08. The third-order valence-electron chi connectivity index (χ3n) is 3.13. The van der Waals surface area contributed by atoms with Crippen molar-refractivity contribution in [3.8, 4) is 11.3 Å². The van der Waals surface area contributed by atoms with Gasteiger partial charge in [-0.2, -0.15) is 5.10 Å². The van der Waals surface area contributed by atoms with Crippen molar-refractivity contribution in [3.63, 3.8) is 0 Å². The van der Waals surface area contributed by atoms with Gasteiger partial charge in [0.05, 0.1) is 9.50 Å². The van der Waals surface area contributed by atoms with E-state index in [0.717, 1.165) is 28.4 Å². The highest BCUT2D eigenvalue weighted by molar-refractivity contribution is 9.10. The lowest BCUT2D eigenvalue weighted by atomic mass is 10.1. The van der Waals surface area contributed by atoms with Crippen LogP contribution in [-0.4, -0.2) is 24.5 Å². The van der Waals surface area contributed by atoms with Crippen molar-refractivity contribution in [3.05, 3.63) is 39.7 Å². The standard InChI is InChI=1S/C15H19BrClFN2OSi/c1-22(2,3)7-6-21-10-20-9-12(16)15(19-20)11-4-5-14(18)13(17)8-11/h4-5,8-9H,6-7,10H2,1-3H3. The van der Waals surface area contributed by atoms with Crippen molar-refractivity contribution in [2.75, 3.05) is 6.61 Å². The smallest absolute Gasteiger partial charge is 0.141 e. The van der Waals surface area contributed by atoms with E-state index >= 15 is 0 Å². The molecule has 1 heterocycles. The quantitative estimate of drug-likeness (QED) is 0.474. The van der Waals surface area contributed by atoms with Gasteiger partial charge in [-0.3, -0.25) is 0 Å². The summed E-state index contributed by atoms with van der Waals surface area (Å²) in [4.78, 5) is 0. The second-order valence-corrected chi connectivity index (χ2v) is 13.2. The first-order valence-corrected chi connectivity index (χ1v) is 11.9. The maximum atomic E-state index is 13.2. The average Bonchev–Trinajstić information content (AvgIpc) is 2.78. The number of halogens is 3. The normalized spacial score (nSPS) is 11.9. The fourth-order valence-corrected chi connectivity index (χ4v) is 3.32. The Morgan fingerprint density at radius 2 is 2.09 bits per heavy atom. The van der Waals surface area contributed by atoms with Crippen molar-refractivity contribution in [2.45, 2.75) is 32.4 Å². The molecule has 0 aliphatic rings. The van der Waals surface area contributed by atoms with Gasteiger partial charge in [0.1, 0.15) is 18.2 Å². The lowest BCUT2D eigenvalue weighted by Gasteiger charge is -2.15. The zero-order chi connectivity index (χ0) is 16.3. The average molecular weight is 406 g/mol. The number of hydrogen-bond donors (Lipinski definition) is 0. The summed E-state index contributed by atoms with van der Waals surface area (Å²) in [6, 6.07) is 5.69. The molecule has 22 heavy (non-hydrogen) atoms. The summed E-state index contributed by atoms with van der Waals surface area (Å²) in [5.41, 5.74) is 1.48. The van der Waals surface area contributed by atoms with E-state index in [1.54, 1.807) is 16.8 Å². The Labute approximate surface area is 144 Å². The molecule has 120 valence electrons. The van der Waals surface area contributed by atoms with Gasteiger partial charge in [-0.15, -0.1) is 0 Å². The Morgan fingerprint density at radius 1 is 1.36 bits per heavy atom. The molecule has 7 heteroatoms. The van der Waals surface area contributed by atoms with Crippen LogP contribution in [0.25, 0.3) is 11.3 Å². The van der Waals surface area contributed by atoms with Gasteiger partial charge in [0.15, 0.2) is 0 Å². The van der Waals surface area contributed by atoms with E-state index in [-0.39, 0.29) is 5.02 Å². The molecule has 0 N–H and O–H groups in total. The molecule has 2 aromatic rings. The van der Waals surface area contributed by atoms with Crippen LogP contribution in [0.2, 0.25) is 30.7 Å². The molecule has 1 aromatic carbocycles. The Morgan fingerprint density at radius 3 is 2.73 bits per heavy atom. The van der Waals surface area contributed by atoms with Crippen LogP contribution >= 0.6 is 27.5 Å². The highest BCUT2D eigenvalue weighted by Crippen LogP contribution is 2.29. The van der Waals surface area contributed by atoms with E-state index in [2.05, 4.69) is 40.7 Å². The van der Waals surface area contributed by atoms with Crippen LogP contribution in [0.1, 0.15) is 0 Å². The fourth-order valence-electron chi connectivity index (χ4n) is 1.84. The summed E-state index contributed by atoms with van der Waals surface area (Å²) < 4.78 is 21.5. The first-order valence-electron chi connectivity index (χ1n) is 7.02. The third-order valence-corrected chi connectivity index (χ3v) is 5.70. The van der Waals surface area contributed by atoms with E-state index in [9.17, 15) is 4.39 Å². The Hall–Kier alpha value is -0.693. The van der Waals surface area contributed by atoms with Gasteiger partial charge in [-0.05, 0) is 40.2 Å². The van der Waals surface area contributed by atoms with E-state index in [1.807, 2.05) is 6.20 Å². The molecular weight excluding hydrogens is 387 g/mol. The Balaban J connectivity index is 2.03. The molecule has 0 amide bonds. The monoisotopic (exact) mass is 404 g/mol. The molecular formula is C15H19BrClFN2OSi. The van der Waals surface area contributed by atoms with Gasteiger partial charge in [0, 0.05) is 26.4 Å². The Bertz CT molecular complexity index is 657. The van der Waals surface area contributed by atoms with Crippen LogP contribution in [0.3, 0.4) is 0 Å². The zero-order valence-corrected chi connectivity index (χ0v) is 16.2. The van der Waals surface area contributed by atoms with Crippen LogP contribution in [-0.2, 0) is 11.5 Å². The molecule has 0 fully saturated rings. The first-order chi connectivity index (χ1) is 10.3. The van der Waals surface area contributed by atoms with Crippen molar-refractivity contribution < 1.29 is 9.13 Å². The molecule has 3 nitrogen and oxygen atoms in total. The summed E-state index contributed by atoms with van der Waals surface area (Å²) in [6.45, 7) is 8.09. The molecule has 1 aromatic heterocycles. The number of benzene rings is 1. The van der Waals surface area contributed by atoms with Crippen molar-refractivity contribution in [2.24, 2.45) is 0 Å². The molecule has 0 radical (unpaired) electrons. The van der Waals surface area contributed by atoms with Crippen molar-refractivity contribution in [1.82, 2.24) is 9.78 Å².